The van der Waals surface area contributed by atoms with Crippen molar-refractivity contribution in [2.45, 2.75) is 46.6 Å². The van der Waals surface area contributed by atoms with Gasteiger partial charge in [-0.05, 0) is 42.7 Å². The number of benzene rings is 1. The van der Waals surface area contributed by atoms with Crippen molar-refractivity contribution in [1.82, 2.24) is 9.88 Å². The molecular weight excluding hydrogens is 298 g/mol. The molecule has 2 aromatic rings. The van der Waals surface area contributed by atoms with E-state index in [0.29, 0.717) is 24.9 Å². The maximum Gasteiger partial charge on any atom is 0.253 e. The first kappa shape index (κ1) is 17.0. The van der Waals surface area contributed by atoms with Crippen molar-refractivity contribution in [2.75, 3.05) is 13.1 Å². The fraction of sp³-hybridized carbons (Fsp3) is 0.550. The van der Waals surface area contributed by atoms with Crippen LogP contribution in [-0.2, 0) is 19.4 Å². The van der Waals surface area contributed by atoms with E-state index in [-0.39, 0.29) is 5.91 Å². The summed E-state index contributed by atoms with van der Waals surface area (Å²) in [6.45, 7) is 8.73. The van der Waals surface area contributed by atoms with E-state index >= 15 is 0 Å². The van der Waals surface area contributed by atoms with Crippen LogP contribution in [0, 0.1) is 11.8 Å². The molecule has 24 heavy (non-hydrogen) atoms. The van der Waals surface area contributed by atoms with Crippen LogP contribution in [0.4, 0.5) is 0 Å². The summed E-state index contributed by atoms with van der Waals surface area (Å²) >= 11 is 0. The van der Waals surface area contributed by atoms with Crippen LogP contribution in [0.15, 0.2) is 18.2 Å². The Balaban J connectivity index is 2.18. The molecule has 1 unspecified atom stereocenters. The number of hydrogen-bond acceptors (Lipinski definition) is 2. The second kappa shape index (κ2) is 6.98. The zero-order chi connectivity index (χ0) is 17.3. The highest BCUT2D eigenvalue weighted by Crippen LogP contribution is 2.36. The number of nitrogens with two attached hydrogens (primary N) is 1. The Morgan fingerprint density at radius 3 is 2.92 bits per heavy atom. The van der Waals surface area contributed by atoms with Gasteiger partial charge in [0.2, 0.25) is 0 Å². The molecular formula is C20H29N3O. The fourth-order valence-electron chi connectivity index (χ4n) is 3.91. The molecule has 1 aromatic heterocycles. The smallest absolute Gasteiger partial charge is 0.253 e. The summed E-state index contributed by atoms with van der Waals surface area (Å²) in [4.78, 5) is 12.7. The quantitative estimate of drug-likeness (QED) is 0.886. The summed E-state index contributed by atoms with van der Waals surface area (Å²) in [5.41, 5.74) is 10.3. The van der Waals surface area contributed by atoms with Crippen LogP contribution < -0.4 is 11.1 Å². The molecule has 1 aromatic carbocycles. The monoisotopic (exact) mass is 327 g/mol. The number of fused-ring (bicyclic) bond motifs is 3. The van der Waals surface area contributed by atoms with Crippen LogP contribution in [0.2, 0.25) is 0 Å². The van der Waals surface area contributed by atoms with Gasteiger partial charge in [-0.15, -0.1) is 0 Å². The second-order valence-electron chi connectivity index (χ2n) is 7.52. The molecule has 0 radical (unpaired) electrons. The summed E-state index contributed by atoms with van der Waals surface area (Å²) < 4.78 is 2.42. The predicted molar refractivity (Wildman–Crippen MR) is 99.4 cm³/mol. The maximum absolute atomic E-state index is 12.7. The zero-order valence-electron chi connectivity index (χ0n) is 15.1. The first-order chi connectivity index (χ1) is 11.5. The molecule has 3 rings (SSSR count). The van der Waals surface area contributed by atoms with E-state index in [2.05, 4.69) is 36.7 Å². The van der Waals surface area contributed by atoms with E-state index in [9.17, 15) is 4.79 Å². The van der Waals surface area contributed by atoms with Gasteiger partial charge in [-0.1, -0.05) is 32.9 Å². The molecule has 1 aliphatic carbocycles. The van der Waals surface area contributed by atoms with Crippen molar-refractivity contribution in [3.63, 3.8) is 0 Å². The van der Waals surface area contributed by atoms with Gasteiger partial charge in [-0.3, -0.25) is 4.79 Å². The summed E-state index contributed by atoms with van der Waals surface area (Å²) in [5, 5.41) is 4.19. The van der Waals surface area contributed by atoms with Crippen molar-refractivity contribution in [2.24, 2.45) is 17.6 Å². The number of hydrogen-bond donors (Lipinski definition) is 2. The van der Waals surface area contributed by atoms with E-state index in [1.165, 1.54) is 23.1 Å². The normalized spacial score (nSPS) is 17.3. The molecule has 0 saturated heterocycles. The number of carbonyl (C=O) groups is 1. The van der Waals surface area contributed by atoms with Gasteiger partial charge >= 0.3 is 0 Å². The molecule has 4 heteroatoms. The van der Waals surface area contributed by atoms with Crippen molar-refractivity contribution in [3.8, 4) is 0 Å². The van der Waals surface area contributed by atoms with Gasteiger partial charge in [0.25, 0.3) is 5.91 Å². The van der Waals surface area contributed by atoms with Crippen LogP contribution in [0.25, 0.3) is 10.9 Å². The van der Waals surface area contributed by atoms with Gasteiger partial charge in [0, 0.05) is 30.7 Å². The molecule has 1 atom stereocenters. The number of amides is 1. The maximum atomic E-state index is 12.7. The van der Waals surface area contributed by atoms with E-state index < -0.39 is 0 Å². The standard InChI is InChI=1S/C20H29N3O/c1-13(2)12-23-18-8-7-14(3)11-17(18)15-5-4-6-16(19(15)23)20(24)22-10-9-21/h4-6,13-14H,7-12,21H2,1-3H3,(H,22,24). The Morgan fingerprint density at radius 1 is 1.42 bits per heavy atom. The fourth-order valence-corrected chi connectivity index (χ4v) is 3.91. The van der Waals surface area contributed by atoms with Crippen LogP contribution in [0.1, 0.15) is 48.8 Å². The van der Waals surface area contributed by atoms with Gasteiger partial charge in [0.15, 0.2) is 0 Å². The summed E-state index contributed by atoms with van der Waals surface area (Å²) in [6.07, 6.45) is 3.46. The lowest BCUT2D eigenvalue weighted by molar-refractivity contribution is 0.0956. The highest BCUT2D eigenvalue weighted by molar-refractivity contribution is 6.07. The minimum absolute atomic E-state index is 0.0149. The molecule has 1 heterocycles. The molecule has 0 bridgehead atoms. The second-order valence-corrected chi connectivity index (χ2v) is 7.52. The number of rotatable bonds is 5. The van der Waals surface area contributed by atoms with Gasteiger partial charge in [0.1, 0.15) is 0 Å². The molecule has 0 saturated carbocycles. The van der Waals surface area contributed by atoms with Gasteiger partial charge in [-0.25, -0.2) is 0 Å². The SMILES string of the molecule is CC(C)Cn1c2c(c3cccc(C(=O)NCCN)c31)CC(C)CC2. The first-order valence-electron chi connectivity index (χ1n) is 9.14. The third-order valence-electron chi connectivity index (χ3n) is 4.95. The van der Waals surface area contributed by atoms with E-state index in [0.717, 1.165) is 30.5 Å². The summed E-state index contributed by atoms with van der Waals surface area (Å²) in [5.74, 6) is 1.24. The molecule has 0 aliphatic heterocycles. The molecule has 4 nitrogen and oxygen atoms in total. The van der Waals surface area contributed by atoms with Crippen molar-refractivity contribution >= 4 is 16.8 Å². The van der Waals surface area contributed by atoms with E-state index in [1.54, 1.807) is 0 Å². The van der Waals surface area contributed by atoms with Crippen LogP contribution in [0.3, 0.4) is 0 Å². The predicted octanol–water partition coefficient (Wildman–Crippen LogP) is 3.11. The van der Waals surface area contributed by atoms with Gasteiger partial charge in [0.05, 0.1) is 11.1 Å². The Bertz CT molecular complexity index is 745. The van der Waals surface area contributed by atoms with Gasteiger partial charge < -0.3 is 15.6 Å². The Morgan fingerprint density at radius 2 is 2.21 bits per heavy atom. The van der Waals surface area contributed by atoms with Crippen molar-refractivity contribution < 1.29 is 4.79 Å². The van der Waals surface area contributed by atoms with E-state index in [4.69, 9.17) is 5.73 Å². The summed E-state index contributed by atoms with van der Waals surface area (Å²) in [7, 11) is 0. The van der Waals surface area contributed by atoms with Crippen LogP contribution in [-0.4, -0.2) is 23.6 Å². The minimum atomic E-state index is -0.0149. The Hall–Kier alpha value is -1.81. The average Bonchev–Trinajstić information content (AvgIpc) is 2.85. The zero-order valence-corrected chi connectivity index (χ0v) is 15.1. The lowest BCUT2D eigenvalue weighted by Crippen LogP contribution is -2.29. The summed E-state index contributed by atoms with van der Waals surface area (Å²) in [6, 6.07) is 6.14. The minimum Gasteiger partial charge on any atom is -0.351 e. The highest BCUT2D eigenvalue weighted by Gasteiger charge is 2.26. The number of para-hydroxylation sites is 1. The van der Waals surface area contributed by atoms with Gasteiger partial charge in [-0.2, -0.15) is 0 Å². The number of carbonyl (C=O) groups excluding carboxylic acids is 1. The largest absolute Gasteiger partial charge is 0.351 e. The molecule has 0 fully saturated rings. The first-order valence-corrected chi connectivity index (χ1v) is 9.14. The molecule has 130 valence electrons. The third kappa shape index (κ3) is 3.07. The van der Waals surface area contributed by atoms with Crippen LogP contribution in [0.5, 0.6) is 0 Å². The average molecular weight is 327 g/mol. The molecule has 1 amide bonds. The van der Waals surface area contributed by atoms with E-state index in [1.807, 2.05) is 12.1 Å². The lowest BCUT2D eigenvalue weighted by atomic mass is 9.87. The van der Waals surface area contributed by atoms with Crippen molar-refractivity contribution in [1.29, 1.82) is 0 Å². The number of nitrogens with one attached hydrogen (secondary N) is 1. The lowest BCUT2D eigenvalue weighted by Gasteiger charge is -2.21. The molecule has 0 spiro atoms. The Kier molecular flexibility index (Phi) is 4.95. The number of aromatic nitrogens is 1. The topological polar surface area (TPSA) is 60.0 Å². The van der Waals surface area contributed by atoms with Crippen molar-refractivity contribution in [3.05, 3.63) is 35.0 Å². The van der Waals surface area contributed by atoms with Crippen LogP contribution >= 0.6 is 0 Å². The highest BCUT2D eigenvalue weighted by atomic mass is 16.1. The molecule has 1 aliphatic rings. The Labute approximate surface area is 144 Å². The molecule has 3 N–H and O–H groups in total. The third-order valence-corrected chi connectivity index (χ3v) is 4.95. The number of nitrogens with zero attached hydrogens (tertiary/aromatic N) is 1.